The Hall–Kier alpha value is -1.88. The zero-order chi connectivity index (χ0) is 11.8. The van der Waals surface area contributed by atoms with Gasteiger partial charge in [-0.15, -0.1) is 0 Å². The second-order valence-corrected chi connectivity index (χ2v) is 4.06. The molecule has 0 bridgehead atoms. The Morgan fingerprint density at radius 1 is 1.47 bits per heavy atom. The highest BCUT2D eigenvalue weighted by molar-refractivity contribution is 5.84. The van der Waals surface area contributed by atoms with E-state index < -0.39 is 0 Å². The number of nitrogens with two attached hydrogens (primary N) is 1. The molecule has 5 heteroatoms. The first-order chi connectivity index (χ1) is 8.28. The van der Waals surface area contributed by atoms with Gasteiger partial charge in [0.15, 0.2) is 11.5 Å². The summed E-state index contributed by atoms with van der Waals surface area (Å²) in [6.07, 6.45) is 1.61. The molecule has 0 saturated carbocycles. The van der Waals surface area contributed by atoms with Crippen LogP contribution in [0.5, 0.6) is 11.5 Å². The number of rotatable bonds is 1. The zero-order valence-electron chi connectivity index (χ0n) is 9.51. The van der Waals surface area contributed by atoms with E-state index in [2.05, 4.69) is 9.97 Å². The highest BCUT2D eigenvalue weighted by Gasteiger charge is 2.22. The third-order valence-corrected chi connectivity index (χ3v) is 2.72. The van der Waals surface area contributed by atoms with E-state index in [1.807, 2.05) is 19.1 Å². The molecule has 1 aromatic carbocycles. The van der Waals surface area contributed by atoms with Crippen LogP contribution < -0.4 is 15.2 Å². The molecule has 2 heterocycles. The summed E-state index contributed by atoms with van der Waals surface area (Å²) < 4.78 is 11.4. The highest BCUT2D eigenvalue weighted by Crippen LogP contribution is 2.36. The van der Waals surface area contributed by atoms with Crippen molar-refractivity contribution >= 4 is 11.0 Å². The number of nitrogens with zero attached hydrogens (tertiary/aromatic N) is 2. The molecular weight excluding hydrogens is 218 g/mol. The van der Waals surface area contributed by atoms with Crippen molar-refractivity contribution in [2.45, 2.75) is 13.0 Å². The van der Waals surface area contributed by atoms with Crippen LogP contribution in [0.25, 0.3) is 11.0 Å². The second-order valence-electron chi connectivity index (χ2n) is 4.06. The molecule has 0 saturated heterocycles. The fraction of sp³-hybridized carbons (Fsp3) is 0.333. The van der Waals surface area contributed by atoms with E-state index in [1.54, 1.807) is 6.20 Å². The topological polar surface area (TPSA) is 70.3 Å². The lowest BCUT2D eigenvalue weighted by molar-refractivity contribution is 0.0987. The molecule has 3 rings (SSSR count). The van der Waals surface area contributed by atoms with Crippen molar-refractivity contribution in [1.29, 1.82) is 0 Å². The van der Waals surface area contributed by atoms with Crippen molar-refractivity contribution in [1.82, 2.24) is 9.97 Å². The largest absolute Gasteiger partial charge is 0.486 e. The third-order valence-electron chi connectivity index (χ3n) is 2.72. The summed E-state index contributed by atoms with van der Waals surface area (Å²) in [6.45, 7) is 2.81. The first-order valence-corrected chi connectivity index (χ1v) is 5.54. The maximum Gasteiger partial charge on any atom is 0.189 e. The molecule has 0 aliphatic carbocycles. The molecule has 5 nitrogen and oxygen atoms in total. The summed E-state index contributed by atoms with van der Waals surface area (Å²) in [4.78, 5) is 8.76. The lowest BCUT2D eigenvalue weighted by atomic mass is 10.2. The molecule has 1 aromatic heterocycles. The molecule has 17 heavy (non-hydrogen) atoms. The predicted molar refractivity (Wildman–Crippen MR) is 63.2 cm³/mol. The summed E-state index contributed by atoms with van der Waals surface area (Å²) in [6, 6.07) is 3.75. The average Bonchev–Trinajstić information content (AvgIpc) is 2.37. The van der Waals surface area contributed by atoms with Gasteiger partial charge in [-0.1, -0.05) is 0 Å². The van der Waals surface area contributed by atoms with E-state index in [1.165, 1.54) is 0 Å². The predicted octanol–water partition coefficient (Wildman–Crippen LogP) is 1.04. The minimum atomic E-state index is -0.115. The summed E-state index contributed by atoms with van der Waals surface area (Å²) in [5.74, 6) is 1.36. The quantitative estimate of drug-likeness (QED) is 0.794. The average molecular weight is 231 g/mol. The van der Waals surface area contributed by atoms with Crippen LogP contribution in [0.3, 0.4) is 0 Å². The Bertz CT molecular complexity index is 571. The molecule has 2 aromatic rings. The first-order valence-electron chi connectivity index (χ1n) is 5.54. The zero-order valence-corrected chi connectivity index (χ0v) is 9.51. The Kier molecular flexibility index (Phi) is 2.33. The van der Waals surface area contributed by atoms with Gasteiger partial charge in [-0.25, -0.2) is 9.97 Å². The van der Waals surface area contributed by atoms with Gasteiger partial charge in [0.2, 0.25) is 0 Å². The SMILES string of the molecule is Cc1cnc2c3c(ccc2n1)OC[C@H](CN)O3. The fourth-order valence-corrected chi connectivity index (χ4v) is 1.86. The molecule has 1 aliphatic rings. The van der Waals surface area contributed by atoms with Gasteiger partial charge in [-0.05, 0) is 19.1 Å². The van der Waals surface area contributed by atoms with Crippen LogP contribution >= 0.6 is 0 Å². The second kappa shape index (κ2) is 3.85. The fourth-order valence-electron chi connectivity index (χ4n) is 1.86. The molecule has 0 spiro atoms. The molecule has 0 radical (unpaired) electrons. The normalized spacial score (nSPS) is 18.4. The van der Waals surface area contributed by atoms with Gasteiger partial charge in [0.25, 0.3) is 0 Å². The van der Waals surface area contributed by atoms with Gasteiger partial charge in [0.05, 0.1) is 11.2 Å². The summed E-state index contributed by atoms with van der Waals surface area (Å²) >= 11 is 0. The lowest BCUT2D eigenvalue weighted by Gasteiger charge is -2.25. The molecule has 2 N–H and O–H groups in total. The van der Waals surface area contributed by atoms with Gasteiger partial charge in [-0.3, -0.25) is 0 Å². The lowest BCUT2D eigenvalue weighted by Crippen LogP contribution is -2.35. The van der Waals surface area contributed by atoms with Crippen molar-refractivity contribution in [2.75, 3.05) is 13.2 Å². The molecule has 0 unspecified atom stereocenters. The maximum atomic E-state index is 5.78. The minimum Gasteiger partial charge on any atom is -0.486 e. The van der Waals surface area contributed by atoms with Crippen LogP contribution in [0, 0.1) is 6.92 Å². The van der Waals surface area contributed by atoms with Crippen LogP contribution in [0.1, 0.15) is 5.69 Å². The van der Waals surface area contributed by atoms with Crippen LogP contribution in [0.2, 0.25) is 0 Å². The van der Waals surface area contributed by atoms with Crippen molar-refractivity contribution in [3.8, 4) is 11.5 Å². The Labute approximate surface area is 98.6 Å². The Morgan fingerprint density at radius 2 is 2.35 bits per heavy atom. The summed E-state index contributed by atoms with van der Waals surface area (Å²) in [5, 5.41) is 0. The Balaban J connectivity index is 2.17. The van der Waals surface area contributed by atoms with Crippen molar-refractivity contribution < 1.29 is 9.47 Å². The van der Waals surface area contributed by atoms with Gasteiger partial charge in [-0.2, -0.15) is 0 Å². The molecule has 1 aliphatic heterocycles. The third kappa shape index (κ3) is 1.68. The standard InChI is InChI=1S/C12H13N3O2/c1-7-5-14-11-9(15-7)2-3-10-12(11)17-8(4-13)6-16-10/h2-3,5,8H,4,6,13H2,1H3/t8-/m0/s1. The van der Waals surface area contributed by atoms with Gasteiger partial charge in [0.1, 0.15) is 18.2 Å². The summed E-state index contributed by atoms with van der Waals surface area (Å²) in [7, 11) is 0. The number of hydrogen-bond donors (Lipinski definition) is 1. The van der Waals surface area contributed by atoms with Gasteiger partial charge < -0.3 is 15.2 Å². The number of benzene rings is 1. The molecule has 0 amide bonds. The number of aryl methyl sites for hydroxylation is 1. The first kappa shape index (κ1) is 10.3. The van der Waals surface area contributed by atoms with E-state index in [4.69, 9.17) is 15.2 Å². The smallest absolute Gasteiger partial charge is 0.189 e. The van der Waals surface area contributed by atoms with Crippen LogP contribution in [0.4, 0.5) is 0 Å². The summed E-state index contributed by atoms with van der Waals surface area (Å²) in [5.41, 5.74) is 8.00. The van der Waals surface area contributed by atoms with Crippen LogP contribution in [-0.4, -0.2) is 29.2 Å². The minimum absolute atomic E-state index is 0.115. The Morgan fingerprint density at radius 3 is 3.18 bits per heavy atom. The van der Waals surface area contributed by atoms with Crippen molar-refractivity contribution in [2.24, 2.45) is 5.73 Å². The monoisotopic (exact) mass is 231 g/mol. The number of fused-ring (bicyclic) bond motifs is 3. The highest BCUT2D eigenvalue weighted by atomic mass is 16.6. The molecule has 1 atom stereocenters. The van der Waals surface area contributed by atoms with Gasteiger partial charge in [0, 0.05) is 12.7 Å². The van der Waals surface area contributed by atoms with E-state index in [0.29, 0.717) is 24.7 Å². The number of ether oxygens (including phenoxy) is 2. The maximum absolute atomic E-state index is 5.78. The van der Waals surface area contributed by atoms with E-state index in [-0.39, 0.29) is 6.10 Å². The van der Waals surface area contributed by atoms with Crippen molar-refractivity contribution in [3.05, 3.63) is 24.0 Å². The molecule has 0 fully saturated rings. The van der Waals surface area contributed by atoms with Crippen LogP contribution in [-0.2, 0) is 0 Å². The van der Waals surface area contributed by atoms with Crippen LogP contribution in [0.15, 0.2) is 18.3 Å². The molecular formula is C12H13N3O2. The number of aromatic nitrogens is 2. The van der Waals surface area contributed by atoms with Gasteiger partial charge >= 0.3 is 0 Å². The number of hydrogen-bond acceptors (Lipinski definition) is 5. The van der Waals surface area contributed by atoms with E-state index in [0.717, 1.165) is 16.7 Å². The van der Waals surface area contributed by atoms with E-state index in [9.17, 15) is 0 Å². The van der Waals surface area contributed by atoms with Crippen molar-refractivity contribution in [3.63, 3.8) is 0 Å². The van der Waals surface area contributed by atoms with E-state index >= 15 is 0 Å². The molecule has 88 valence electrons.